The molecule has 0 aromatic heterocycles. The molecular formula is C16H18. The summed E-state index contributed by atoms with van der Waals surface area (Å²) in [6, 6.07) is 6.89. The average Bonchev–Trinajstić information content (AvgIpc) is 2.49. The second kappa shape index (κ2) is 3.10. The van der Waals surface area contributed by atoms with Gasteiger partial charge in [-0.1, -0.05) is 55.3 Å². The molecule has 0 atom stereocenters. The first-order chi connectivity index (χ1) is 7.60. The Morgan fingerprint density at radius 3 is 2.81 bits per heavy atom. The maximum absolute atomic E-state index is 2.37. The van der Waals surface area contributed by atoms with Crippen LogP contribution in [0.5, 0.6) is 0 Å². The lowest BCUT2D eigenvalue weighted by Gasteiger charge is -2.25. The third kappa shape index (κ3) is 1.16. The predicted octanol–water partition coefficient (Wildman–Crippen LogP) is 4.39. The van der Waals surface area contributed by atoms with Crippen molar-refractivity contribution in [3.05, 3.63) is 52.6 Å². The van der Waals surface area contributed by atoms with Gasteiger partial charge in [0.05, 0.1) is 0 Å². The molecule has 0 heteroatoms. The molecule has 0 heterocycles. The second-order valence-corrected chi connectivity index (χ2v) is 5.51. The van der Waals surface area contributed by atoms with Crippen LogP contribution in [0.3, 0.4) is 0 Å². The highest BCUT2D eigenvalue weighted by Gasteiger charge is 2.36. The molecule has 0 saturated carbocycles. The van der Waals surface area contributed by atoms with E-state index in [-0.39, 0.29) is 5.41 Å². The van der Waals surface area contributed by atoms with Crippen LogP contribution in [0.1, 0.15) is 43.4 Å². The van der Waals surface area contributed by atoms with Crippen LogP contribution >= 0.6 is 0 Å². The normalized spacial score (nSPS) is 20.9. The molecule has 16 heavy (non-hydrogen) atoms. The SMILES string of the molecule is Cc1ccc2c(c1)C(C)(C)C1=C2C=CCC1. The molecular weight excluding hydrogens is 192 g/mol. The van der Waals surface area contributed by atoms with Crippen molar-refractivity contribution >= 4 is 5.57 Å². The van der Waals surface area contributed by atoms with E-state index in [4.69, 9.17) is 0 Å². The van der Waals surface area contributed by atoms with Crippen LogP contribution < -0.4 is 0 Å². The summed E-state index contributed by atoms with van der Waals surface area (Å²) in [5.41, 5.74) is 7.71. The highest BCUT2D eigenvalue weighted by atomic mass is 14.4. The lowest BCUT2D eigenvalue weighted by atomic mass is 9.78. The highest BCUT2D eigenvalue weighted by Crippen LogP contribution is 2.49. The van der Waals surface area contributed by atoms with Gasteiger partial charge in [-0.15, -0.1) is 0 Å². The standard InChI is InChI=1S/C16H18/c1-11-8-9-13-12-6-4-5-7-14(12)16(2,3)15(13)10-11/h4,6,8-10H,5,7H2,1-3H3. The van der Waals surface area contributed by atoms with Crippen LogP contribution in [0.4, 0.5) is 0 Å². The maximum Gasteiger partial charge on any atom is 0.0121 e. The van der Waals surface area contributed by atoms with Crippen molar-refractivity contribution < 1.29 is 0 Å². The van der Waals surface area contributed by atoms with E-state index in [1.54, 1.807) is 5.57 Å². The molecule has 82 valence electrons. The number of rotatable bonds is 0. The number of benzene rings is 1. The average molecular weight is 210 g/mol. The van der Waals surface area contributed by atoms with Crippen molar-refractivity contribution in [3.63, 3.8) is 0 Å². The van der Waals surface area contributed by atoms with Crippen LogP contribution in [0, 0.1) is 6.92 Å². The van der Waals surface area contributed by atoms with E-state index in [0.717, 1.165) is 0 Å². The Bertz CT molecular complexity index is 513. The smallest absolute Gasteiger partial charge is 0.0121 e. The molecule has 0 spiro atoms. The lowest BCUT2D eigenvalue weighted by molar-refractivity contribution is 0.607. The number of allylic oxidation sites excluding steroid dienone is 4. The van der Waals surface area contributed by atoms with Crippen LogP contribution in [-0.4, -0.2) is 0 Å². The summed E-state index contributed by atoms with van der Waals surface area (Å²) >= 11 is 0. The zero-order valence-corrected chi connectivity index (χ0v) is 10.3. The Hall–Kier alpha value is -1.30. The third-order valence-electron chi connectivity index (χ3n) is 4.06. The van der Waals surface area contributed by atoms with Crippen molar-refractivity contribution in [2.45, 2.75) is 39.0 Å². The minimum atomic E-state index is 0.238. The summed E-state index contributed by atoms with van der Waals surface area (Å²) in [7, 11) is 0. The van der Waals surface area contributed by atoms with E-state index in [0.29, 0.717) is 0 Å². The molecule has 1 aromatic carbocycles. The van der Waals surface area contributed by atoms with Crippen LogP contribution in [0.25, 0.3) is 5.57 Å². The molecule has 0 unspecified atom stereocenters. The van der Waals surface area contributed by atoms with E-state index in [1.807, 2.05) is 0 Å². The Balaban J connectivity index is 2.28. The Morgan fingerprint density at radius 1 is 1.19 bits per heavy atom. The monoisotopic (exact) mass is 210 g/mol. The van der Waals surface area contributed by atoms with Crippen LogP contribution in [-0.2, 0) is 5.41 Å². The first-order valence-corrected chi connectivity index (χ1v) is 6.12. The highest BCUT2D eigenvalue weighted by molar-refractivity contribution is 5.86. The van der Waals surface area contributed by atoms with Gasteiger partial charge in [-0.05, 0) is 36.5 Å². The predicted molar refractivity (Wildman–Crippen MR) is 69.5 cm³/mol. The molecule has 0 amide bonds. The third-order valence-corrected chi connectivity index (χ3v) is 4.06. The summed E-state index contributed by atoms with van der Waals surface area (Å²) in [6.07, 6.45) is 7.06. The molecule has 2 aliphatic rings. The van der Waals surface area contributed by atoms with Crippen molar-refractivity contribution in [2.24, 2.45) is 0 Å². The summed E-state index contributed by atoms with van der Waals surface area (Å²) in [4.78, 5) is 0. The van der Waals surface area contributed by atoms with Gasteiger partial charge in [-0.25, -0.2) is 0 Å². The molecule has 0 saturated heterocycles. The van der Waals surface area contributed by atoms with Crippen LogP contribution in [0.2, 0.25) is 0 Å². The molecule has 0 fully saturated rings. The minimum Gasteiger partial charge on any atom is -0.0836 e. The van der Waals surface area contributed by atoms with Crippen molar-refractivity contribution in [1.29, 1.82) is 0 Å². The van der Waals surface area contributed by atoms with Crippen LogP contribution in [0.15, 0.2) is 35.9 Å². The zero-order chi connectivity index (χ0) is 11.3. The largest absolute Gasteiger partial charge is 0.0836 e. The van der Waals surface area contributed by atoms with E-state index >= 15 is 0 Å². The number of aryl methyl sites for hydroxylation is 1. The summed E-state index contributed by atoms with van der Waals surface area (Å²) in [5, 5.41) is 0. The molecule has 0 aliphatic heterocycles. The summed E-state index contributed by atoms with van der Waals surface area (Å²) in [6.45, 7) is 6.92. The fraction of sp³-hybridized carbons (Fsp3) is 0.375. The van der Waals surface area contributed by atoms with Gasteiger partial charge < -0.3 is 0 Å². The van der Waals surface area contributed by atoms with Gasteiger partial charge in [0, 0.05) is 5.41 Å². The number of fused-ring (bicyclic) bond motifs is 2. The quantitative estimate of drug-likeness (QED) is 0.595. The Labute approximate surface area is 97.7 Å². The Kier molecular flexibility index (Phi) is 1.92. The fourth-order valence-corrected chi connectivity index (χ4v) is 3.14. The van der Waals surface area contributed by atoms with Crippen molar-refractivity contribution in [3.8, 4) is 0 Å². The molecule has 0 radical (unpaired) electrons. The Morgan fingerprint density at radius 2 is 2.00 bits per heavy atom. The van der Waals surface area contributed by atoms with Gasteiger partial charge in [0.25, 0.3) is 0 Å². The van der Waals surface area contributed by atoms with Gasteiger partial charge >= 0.3 is 0 Å². The lowest BCUT2D eigenvalue weighted by Crippen LogP contribution is -2.17. The second-order valence-electron chi connectivity index (χ2n) is 5.51. The first kappa shape index (κ1) is 9.89. The molecule has 1 aromatic rings. The topological polar surface area (TPSA) is 0 Å². The van der Waals surface area contributed by atoms with Gasteiger partial charge in [-0.2, -0.15) is 0 Å². The van der Waals surface area contributed by atoms with Gasteiger partial charge in [-0.3, -0.25) is 0 Å². The van der Waals surface area contributed by atoms with Gasteiger partial charge in [0.2, 0.25) is 0 Å². The summed E-state index contributed by atoms with van der Waals surface area (Å²) in [5.74, 6) is 0. The maximum atomic E-state index is 2.37. The molecule has 2 aliphatic carbocycles. The fourth-order valence-electron chi connectivity index (χ4n) is 3.14. The van der Waals surface area contributed by atoms with E-state index in [2.05, 4.69) is 51.1 Å². The molecule has 0 nitrogen and oxygen atoms in total. The van der Waals surface area contributed by atoms with Crippen molar-refractivity contribution in [1.82, 2.24) is 0 Å². The number of hydrogen-bond acceptors (Lipinski definition) is 0. The van der Waals surface area contributed by atoms with E-state index in [1.165, 1.54) is 35.1 Å². The van der Waals surface area contributed by atoms with Crippen molar-refractivity contribution in [2.75, 3.05) is 0 Å². The summed E-state index contributed by atoms with van der Waals surface area (Å²) < 4.78 is 0. The van der Waals surface area contributed by atoms with E-state index < -0.39 is 0 Å². The first-order valence-electron chi connectivity index (χ1n) is 6.12. The van der Waals surface area contributed by atoms with Gasteiger partial charge in [0.1, 0.15) is 0 Å². The molecule has 0 bridgehead atoms. The van der Waals surface area contributed by atoms with E-state index in [9.17, 15) is 0 Å². The number of hydrogen-bond donors (Lipinski definition) is 0. The van der Waals surface area contributed by atoms with Gasteiger partial charge in [0.15, 0.2) is 0 Å². The zero-order valence-electron chi connectivity index (χ0n) is 10.3. The minimum absolute atomic E-state index is 0.238. The molecule has 0 N–H and O–H groups in total. The molecule has 3 rings (SSSR count).